The van der Waals surface area contributed by atoms with Crippen LogP contribution in [0, 0.1) is 0 Å². The molecule has 0 aromatic carbocycles. The molecule has 0 aliphatic carbocycles. The molecular weight excluding hydrogens is 857 g/mol. The lowest BCUT2D eigenvalue weighted by atomic mass is 10.0. The summed E-state index contributed by atoms with van der Waals surface area (Å²) in [6, 6.07) is 0. The molecule has 0 bridgehead atoms. The zero-order valence-corrected chi connectivity index (χ0v) is 50.5. The van der Waals surface area contributed by atoms with Gasteiger partial charge in [0.05, 0.1) is 0 Å². The zero-order valence-electron chi connectivity index (χ0n) is 50.5. The number of unbranched alkanes of at least 4 members (excludes halogenated alkanes) is 64. The average Bonchev–Trinajstić information content (AvgIpc) is 3.38. The maximum absolute atomic E-state index is 5.97. The summed E-state index contributed by atoms with van der Waals surface area (Å²) in [6.07, 6.45) is 96.9. The van der Waals surface area contributed by atoms with Crippen LogP contribution in [-0.4, -0.2) is 13.2 Å². The lowest BCUT2D eigenvalue weighted by Crippen LogP contribution is -1.97. The maximum atomic E-state index is 5.97. The van der Waals surface area contributed by atoms with Gasteiger partial charge < -0.3 is 4.74 Å². The van der Waals surface area contributed by atoms with E-state index in [-0.39, 0.29) is 0 Å². The number of ether oxygens (including phenoxy) is 1. The van der Waals surface area contributed by atoms with Gasteiger partial charge in [0.15, 0.2) is 0 Å². The molecule has 1 heteroatoms. The molecule has 71 heavy (non-hydrogen) atoms. The van der Waals surface area contributed by atoms with Crippen LogP contribution in [0.3, 0.4) is 0 Å². The number of rotatable bonds is 68. The highest BCUT2D eigenvalue weighted by molar-refractivity contribution is 4.56. The summed E-state index contributed by atoms with van der Waals surface area (Å²) in [6.45, 7) is 6.63. The fourth-order valence-electron chi connectivity index (χ4n) is 11.6. The largest absolute Gasteiger partial charge is 0.381 e. The Balaban J connectivity index is 3.07. The van der Waals surface area contributed by atoms with Crippen LogP contribution in [0.5, 0.6) is 0 Å². The molecule has 0 radical (unpaired) electrons. The van der Waals surface area contributed by atoms with Crippen molar-refractivity contribution in [2.75, 3.05) is 13.2 Å². The molecule has 0 aromatic rings. The first-order chi connectivity index (χ1) is 35.4. The Bertz CT molecular complexity index is 783. The molecule has 0 aliphatic heterocycles. The second-order valence-corrected chi connectivity index (χ2v) is 24.2. The molecule has 0 fully saturated rings. The van der Waals surface area contributed by atoms with E-state index in [1.54, 1.807) is 0 Å². The van der Waals surface area contributed by atoms with E-state index in [2.05, 4.69) is 13.8 Å². The van der Waals surface area contributed by atoms with E-state index in [0.29, 0.717) is 0 Å². The normalized spacial score (nSPS) is 11.7. The van der Waals surface area contributed by atoms with Crippen molar-refractivity contribution >= 4 is 0 Å². The summed E-state index contributed by atoms with van der Waals surface area (Å²) in [5, 5.41) is 0. The Morgan fingerprint density at radius 3 is 0.296 bits per heavy atom. The van der Waals surface area contributed by atoms with Gasteiger partial charge in [0.25, 0.3) is 0 Å². The quantitative estimate of drug-likeness (QED) is 0.0552. The smallest absolute Gasteiger partial charge is 0.0466 e. The van der Waals surface area contributed by atoms with Crippen molar-refractivity contribution < 1.29 is 4.74 Å². The highest BCUT2D eigenvalue weighted by Crippen LogP contribution is 2.20. The summed E-state index contributed by atoms with van der Waals surface area (Å²) >= 11 is 0. The molecule has 0 unspecified atom stereocenters. The Morgan fingerprint density at radius 1 is 0.113 bits per heavy atom. The van der Waals surface area contributed by atoms with Crippen LogP contribution >= 0.6 is 0 Å². The van der Waals surface area contributed by atoms with Crippen molar-refractivity contribution in [2.45, 2.75) is 438 Å². The van der Waals surface area contributed by atoms with Gasteiger partial charge in [0.1, 0.15) is 0 Å². The van der Waals surface area contributed by atoms with Crippen LogP contribution in [0.2, 0.25) is 0 Å². The first kappa shape index (κ1) is 71.0. The van der Waals surface area contributed by atoms with Crippen molar-refractivity contribution in [1.82, 2.24) is 0 Å². The summed E-state index contributed by atoms with van der Waals surface area (Å²) in [4.78, 5) is 0. The predicted molar refractivity (Wildman–Crippen MR) is 327 cm³/mol. The number of hydrogen-bond donors (Lipinski definition) is 0. The van der Waals surface area contributed by atoms with Crippen LogP contribution in [0.25, 0.3) is 0 Å². The Labute approximate surface area is 453 Å². The van der Waals surface area contributed by atoms with Gasteiger partial charge in [0, 0.05) is 13.2 Å². The average molecular weight is 1000 g/mol. The molecular formula is C70H142O. The molecule has 0 saturated heterocycles. The monoisotopic (exact) mass is 999 g/mol. The third kappa shape index (κ3) is 70.0. The van der Waals surface area contributed by atoms with E-state index in [9.17, 15) is 0 Å². The molecule has 0 aromatic heterocycles. The molecule has 428 valence electrons. The van der Waals surface area contributed by atoms with Crippen molar-refractivity contribution in [3.8, 4) is 0 Å². The first-order valence-electron chi connectivity index (χ1n) is 35.0. The van der Waals surface area contributed by atoms with Gasteiger partial charge in [0.2, 0.25) is 0 Å². The molecule has 0 saturated carbocycles. The summed E-state index contributed by atoms with van der Waals surface area (Å²) in [5.74, 6) is 0. The number of hydrogen-bond acceptors (Lipinski definition) is 1. The first-order valence-corrected chi connectivity index (χ1v) is 35.0. The second kappa shape index (κ2) is 70.0. The van der Waals surface area contributed by atoms with Crippen molar-refractivity contribution in [1.29, 1.82) is 0 Å². The van der Waals surface area contributed by atoms with Crippen LogP contribution in [0.4, 0.5) is 0 Å². The van der Waals surface area contributed by atoms with Gasteiger partial charge in [-0.25, -0.2) is 0 Å². The zero-order chi connectivity index (χ0) is 50.8. The fourth-order valence-corrected chi connectivity index (χ4v) is 11.6. The molecule has 0 aliphatic rings. The topological polar surface area (TPSA) is 9.23 Å². The lowest BCUT2D eigenvalue weighted by molar-refractivity contribution is 0.125. The summed E-state index contributed by atoms with van der Waals surface area (Å²) in [7, 11) is 0. The van der Waals surface area contributed by atoms with Crippen molar-refractivity contribution in [3.05, 3.63) is 0 Å². The van der Waals surface area contributed by atoms with Crippen molar-refractivity contribution in [2.24, 2.45) is 0 Å². The van der Waals surface area contributed by atoms with Gasteiger partial charge in [-0.15, -0.1) is 0 Å². The summed E-state index contributed by atoms with van der Waals surface area (Å²) < 4.78 is 5.97. The van der Waals surface area contributed by atoms with E-state index in [1.165, 1.54) is 424 Å². The minimum Gasteiger partial charge on any atom is -0.381 e. The minimum atomic E-state index is 0.999. The van der Waals surface area contributed by atoms with Crippen LogP contribution in [0.1, 0.15) is 438 Å². The van der Waals surface area contributed by atoms with Crippen LogP contribution < -0.4 is 0 Å². The summed E-state index contributed by atoms with van der Waals surface area (Å²) in [5.41, 5.74) is 0. The van der Waals surface area contributed by atoms with E-state index < -0.39 is 0 Å². The predicted octanol–water partition coefficient (Wildman–Crippen LogP) is 26.8. The second-order valence-electron chi connectivity index (χ2n) is 24.2. The lowest BCUT2D eigenvalue weighted by Gasteiger charge is -2.06. The minimum absolute atomic E-state index is 0.999. The third-order valence-electron chi connectivity index (χ3n) is 16.8. The van der Waals surface area contributed by atoms with E-state index >= 15 is 0 Å². The highest BCUT2D eigenvalue weighted by atomic mass is 16.5. The fraction of sp³-hybridized carbons (Fsp3) is 1.00. The Kier molecular flexibility index (Phi) is 69.9. The molecule has 0 amide bonds. The Hall–Kier alpha value is -0.0400. The SMILES string of the molecule is CCCCCCCCCCCCCCCCCCCCCCCCCCCCCCCCCCCOCCCCCCCCCCCCCCCCCCCCCCCCCCCCCCCCCCC. The molecule has 0 rings (SSSR count). The maximum Gasteiger partial charge on any atom is 0.0466 e. The van der Waals surface area contributed by atoms with E-state index in [0.717, 1.165) is 13.2 Å². The van der Waals surface area contributed by atoms with Crippen LogP contribution in [0.15, 0.2) is 0 Å². The van der Waals surface area contributed by atoms with Gasteiger partial charge in [-0.2, -0.15) is 0 Å². The molecule has 0 heterocycles. The van der Waals surface area contributed by atoms with Gasteiger partial charge in [-0.1, -0.05) is 425 Å². The Morgan fingerprint density at radius 2 is 0.197 bits per heavy atom. The van der Waals surface area contributed by atoms with Gasteiger partial charge >= 0.3 is 0 Å². The molecule has 0 atom stereocenters. The standard InChI is InChI=1S/C70H142O/c1-3-5-7-9-11-13-15-17-19-21-23-25-27-29-31-33-35-37-39-41-43-45-47-49-51-53-55-57-59-61-63-65-67-69-71-70-68-66-64-62-60-58-56-54-52-50-48-46-44-42-40-38-36-34-32-30-28-26-24-22-20-18-16-14-12-10-8-6-4-2/h3-70H2,1-2H3. The van der Waals surface area contributed by atoms with Gasteiger partial charge in [-0.3, -0.25) is 0 Å². The van der Waals surface area contributed by atoms with E-state index in [4.69, 9.17) is 4.74 Å². The van der Waals surface area contributed by atoms with Crippen molar-refractivity contribution in [3.63, 3.8) is 0 Å². The molecule has 0 N–H and O–H groups in total. The third-order valence-corrected chi connectivity index (χ3v) is 16.8. The van der Waals surface area contributed by atoms with Gasteiger partial charge in [-0.05, 0) is 12.8 Å². The van der Waals surface area contributed by atoms with E-state index in [1.807, 2.05) is 0 Å². The van der Waals surface area contributed by atoms with Crippen LogP contribution in [-0.2, 0) is 4.74 Å². The highest BCUT2D eigenvalue weighted by Gasteiger charge is 2.01. The molecule has 1 nitrogen and oxygen atoms in total. The molecule has 0 spiro atoms.